The molecule has 0 bridgehead atoms. The zero-order chi connectivity index (χ0) is 25.1. The number of hydrogen-bond donors (Lipinski definition) is 0. The number of para-hydroxylation sites is 1. The van der Waals surface area contributed by atoms with Gasteiger partial charge in [0.2, 0.25) is 0 Å². The van der Waals surface area contributed by atoms with Gasteiger partial charge in [-0.1, -0.05) is 84.9 Å². The van der Waals surface area contributed by atoms with Crippen LogP contribution in [0.15, 0.2) is 136 Å². The van der Waals surface area contributed by atoms with Gasteiger partial charge in [-0.05, 0) is 53.6 Å². The van der Waals surface area contributed by atoms with Crippen LogP contribution in [0.1, 0.15) is 0 Å². The minimum Gasteiger partial charge on any atom is -0.456 e. The van der Waals surface area contributed by atoms with Crippen molar-refractivity contribution in [2.24, 2.45) is 0 Å². The molecule has 3 heterocycles. The van der Waals surface area contributed by atoms with Crippen LogP contribution in [0.3, 0.4) is 0 Å². The van der Waals surface area contributed by atoms with Gasteiger partial charge < -0.3 is 8.83 Å². The summed E-state index contributed by atoms with van der Waals surface area (Å²) in [6.45, 7) is 0. The predicted molar refractivity (Wildman–Crippen MR) is 155 cm³/mol. The van der Waals surface area contributed by atoms with E-state index >= 15 is 0 Å². The molecular weight excluding hydrogens is 466 g/mol. The van der Waals surface area contributed by atoms with Gasteiger partial charge in [0, 0.05) is 32.7 Å². The summed E-state index contributed by atoms with van der Waals surface area (Å²) in [6, 6.07) is 43.7. The summed E-state index contributed by atoms with van der Waals surface area (Å²) in [5, 5.41) is 4.36. The molecule has 0 aliphatic heterocycles. The fourth-order valence-electron chi connectivity index (χ4n) is 5.47. The maximum Gasteiger partial charge on any atom is 0.136 e. The Balaban J connectivity index is 1.35. The molecule has 3 aromatic heterocycles. The van der Waals surface area contributed by atoms with E-state index in [1.54, 1.807) is 0 Å². The Labute approximate surface area is 218 Å². The third-order valence-corrected chi connectivity index (χ3v) is 7.27. The summed E-state index contributed by atoms with van der Waals surface area (Å²) in [7, 11) is 0. The second-order valence-electron chi connectivity index (χ2n) is 9.58. The largest absolute Gasteiger partial charge is 0.456 e. The highest BCUT2D eigenvalue weighted by Crippen LogP contribution is 2.41. The summed E-state index contributed by atoms with van der Waals surface area (Å²) >= 11 is 0. The van der Waals surface area contributed by atoms with E-state index in [9.17, 15) is 0 Å². The van der Waals surface area contributed by atoms with Gasteiger partial charge in [0.25, 0.3) is 0 Å². The van der Waals surface area contributed by atoms with E-state index in [0.29, 0.717) is 0 Å². The molecule has 178 valence electrons. The van der Waals surface area contributed by atoms with E-state index in [1.807, 2.05) is 54.6 Å². The Hall–Kier alpha value is -5.15. The molecular formula is C35H21NO2. The first-order valence-corrected chi connectivity index (χ1v) is 12.7. The molecule has 0 saturated heterocycles. The minimum absolute atomic E-state index is 0.837. The molecule has 3 heteroatoms. The average Bonchev–Trinajstić information content (AvgIpc) is 3.55. The number of benzene rings is 5. The molecule has 0 radical (unpaired) electrons. The number of furan rings is 2. The molecule has 0 spiro atoms. The van der Waals surface area contributed by atoms with Gasteiger partial charge in [-0.25, -0.2) is 4.98 Å². The fourth-order valence-corrected chi connectivity index (χ4v) is 5.47. The molecule has 0 aliphatic rings. The molecule has 0 aliphatic carbocycles. The lowest BCUT2D eigenvalue weighted by Crippen LogP contribution is -1.91. The van der Waals surface area contributed by atoms with Crippen molar-refractivity contribution in [2.75, 3.05) is 0 Å². The summed E-state index contributed by atoms with van der Waals surface area (Å²) < 4.78 is 12.5. The quantitative estimate of drug-likeness (QED) is 0.249. The van der Waals surface area contributed by atoms with E-state index in [-0.39, 0.29) is 0 Å². The second kappa shape index (κ2) is 8.19. The highest BCUT2D eigenvalue weighted by molar-refractivity contribution is 6.25. The molecule has 0 saturated carbocycles. The van der Waals surface area contributed by atoms with Crippen LogP contribution >= 0.6 is 0 Å². The fraction of sp³-hybridized carbons (Fsp3) is 0. The zero-order valence-electron chi connectivity index (χ0n) is 20.4. The van der Waals surface area contributed by atoms with Crippen molar-refractivity contribution in [1.82, 2.24) is 4.98 Å². The first-order chi connectivity index (χ1) is 18.8. The standard InChI is InChI=1S/C35H21NO2/c1-3-9-22(10-4-1)25-19-28(23-11-5-2-6-12-23)36-29(20-25)24-15-16-27-33(21-24)38-32-18-17-31-34(35(27)32)26-13-7-8-14-30(26)37-31/h1-21H. The molecule has 8 aromatic rings. The second-order valence-corrected chi connectivity index (χ2v) is 9.58. The van der Waals surface area contributed by atoms with E-state index in [4.69, 9.17) is 13.8 Å². The topological polar surface area (TPSA) is 39.2 Å². The Morgan fingerprint density at radius 2 is 0.947 bits per heavy atom. The predicted octanol–water partition coefficient (Wildman–Crippen LogP) is 9.88. The number of pyridine rings is 1. The molecule has 0 unspecified atom stereocenters. The molecule has 0 atom stereocenters. The van der Waals surface area contributed by atoms with Crippen LogP contribution in [0.5, 0.6) is 0 Å². The Morgan fingerprint density at radius 1 is 0.368 bits per heavy atom. The van der Waals surface area contributed by atoms with Crippen LogP contribution in [0.2, 0.25) is 0 Å². The van der Waals surface area contributed by atoms with E-state index in [0.717, 1.165) is 77.5 Å². The third kappa shape index (κ3) is 3.26. The van der Waals surface area contributed by atoms with Gasteiger partial charge in [-0.3, -0.25) is 0 Å². The Morgan fingerprint density at radius 3 is 1.68 bits per heavy atom. The van der Waals surface area contributed by atoms with Crippen molar-refractivity contribution in [2.45, 2.75) is 0 Å². The molecule has 5 aromatic carbocycles. The smallest absolute Gasteiger partial charge is 0.136 e. The van der Waals surface area contributed by atoms with Crippen molar-refractivity contribution >= 4 is 43.9 Å². The SMILES string of the molecule is c1ccc(-c2cc(-c3ccccc3)nc(-c3ccc4c(c3)oc3ccc5oc6ccccc6c5c34)c2)cc1. The molecule has 0 amide bonds. The van der Waals surface area contributed by atoms with Crippen molar-refractivity contribution < 1.29 is 8.83 Å². The maximum atomic E-state index is 6.40. The van der Waals surface area contributed by atoms with Crippen molar-refractivity contribution in [1.29, 1.82) is 0 Å². The number of rotatable bonds is 3. The lowest BCUT2D eigenvalue weighted by molar-refractivity contribution is 0.663. The van der Waals surface area contributed by atoms with Crippen LogP contribution in [0.25, 0.3) is 77.5 Å². The van der Waals surface area contributed by atoms with Gasteiger partial charge in [0.05, 0.1) is 11.4 Å². The molecule has 0 N–H and O–H groups in total. The van der Waals surface area contributed by atoms with Crippen molar-refractivity contribution in [3.05, 3.63) is 127 Å². The average molecular weight is 488 g/mol. The lowest BCUT2D eigenvalue weighted by atomic mass is 9.99. The first-order valence-electron chi connectivity index (χ1n) is 12.7. The van der Waals surface area contributed by atoms with E-state index < -0.39 is 0 Å². The van der Waals surface area contributed by atoms with Crippen molar-refractivity contribution in [3.63, 3.8) is 0 Å². The molecule has 0 fully saturated rings. The maximum absolute atomic E-state index is 6.40. The number of nitrogens with zero attached hydrogens (tertiary/aromatic N) is 1. The monoisotopic (exact) mass is 487 g/mol. The van der Waals surface area contributed by atoms with Crippen molar-refractivity contribution in [3.8, 4) is 33.6 Å². The Kier molecular flexibility index (Phi) is 4.52. The van der Waals surface area contributed by atoms with Gasteiger partial charge in [-0.15, -0.1) is 0 Å². The van der Waals surface area contributed by atoms with Crippen LogP contribution < -0.4 is 0 Å². The van der Waals surface area contributed by atoms with Gasteiger partial charge in [-0.2, -0.15) is 0 Å². The molecule has 3 nitrogen and oxygen atoms in total. The van der Waals surface area contributed by atoms with Gasteiger partial charge in [0.1, 0.15) is 22.3 Å². The van der Waals surface area contributed by atoms with Crippen LogP contribution in [0, 0.1) is 0 Å². The minimum atomic E-state index is 0.837. The normalized spacial score (nSPS) is 11.7. The number of fused-ring (bicyclic) bond motifs is 7. The van der Waals surface area contributed by atoms with Crippen LogP contribution in [-0.2, 0) is 0 Å². The lowest BCUT2D eigenvalue weighted by Gasteiger charge is -2.10. The van der Waals surface area contributed by atoms with Crippen LogP contribution in [-0.4, -0.2) is 4.98 Å². The summed E-state index contributed by atoms with van der Waals surface area (Å²) in [6.07, 6.45) is 0. The summed E-state index contributed by atoms with van der Waals surface area (Å²) in [5.41, 5.74) is 9.69. The zero-order valence-corrected chi connectivity index (χ0v) is 20.4. The van der Waals surface area contributed by atoms with Crippen LogP contribution in [0.4, 0.5) is 0 Å². The number of aromatic nitrogens is 1. The van der Waals surface area contributed by atoms with E-state index in [1.165, 1.54) is 0 Å². The third-order valence-electron chi connectivity index (χ3n) is 7.27. The number of hydrogen-bond acceptors (Lipinski definition) is 3. The highest BCUT2D eigenvalue weighted by atomic mass is 16.3. The first kappa shape index (κ1) is 21.0. The summed E-state index contributed by atoms with van der Waals surface area (Å²) in [5.74, 6) is 0. The van der Waals surface area contributed by atoms with E-state index in [2.05, 4.69) is 72.8 Å². The highest BCUT2D eigenvalue weighted by Gasteiger charge is 2.17. The Bertz CT molecular complexity index is 2060. The molecule has 38 heavy (non-hydrogen) atoms. The summed E-state index contributed by atoms with van der Waals surface area (Å²) in [4.78, 5) is 5.09. The van der Waals surface area contributed by atoms with Gasteiger partial charge in [0.15, 0.2) is 0 Å². The molecule has 8 rings (SSSR count). The van der Waals surface area contributed by atoms with Gasteiger partial charge >= 0.3 is 0 Å².